The van der Waals surface area contributed by atoms with E-state index in [-0.39, 0.29) is 11.3 Å². The average Bonchev–Trinajstić information content (AvgIpc) is 2.89. The van der Waals surface area contributed by atoms with Crippen LogP contribution in [0.4, 0.5) is 0 Å². The molecule has 1 N–H and O–H groups in total. The van der Waals surface area contributed by atoms with Crippen LogP contribution >= 0.6 is 7.14 Å². The molecule has 84 valence electrons. The zero-order valence-electron chi connectivity index (χ0n) is 8.09. The number of ketones is 1. The summed E-state index contributed by atoms with van der Waals surface area (Å²) < 4.78 is 21.5. The first-order valence-electron chi connectivity index (χ1n) is 4.71. The Kier molecular flexibility index (Phi) is 1.21. The first-order valence-corrected chi connectivity index (χ1v) is 6.41. The molecule has 3 aliphatic heterocycles. The van der Waals surface area contributed by atoms with E-state index < -0.39 is 24.7 Å². The zero-order chi connectivity index (χ0) is 11.9. The van der Waals surface area contributed by atoms with E-state index in [2.05, 4.69) is 0 Å². The van der Waals surface area contributed by atoms with Gasteiger partial charge in [-0.15, -0.1) is 0 Å². The Bertz CT molecular complexity index is 768. The highest BCUT2D eigenvalue weighted by Gasteiger charge is 2.75. The summed E-state index contributed by atoms with van der Waals surface area (Å²) in [5.74, 6) is -2.34. The summed E-state index contributed by atoms with van der Waals surface area (Å²) >= 11 is 0. The minimum atomic E-state index is -2.45. The molecule has 0 radical (unpaired) electrons. The van der Waals surface area contributed by atoms with Gasteiger partial charge < -0.3 is 18.5 Å². The molecular weight excluding hydrogens is 247 g/mol. The van der Waals surface area contributed by atoms with Crippen molar-refractivity contribution in [2.75, 3.05) is 0 Å². The molecule has 6 nitrogen and oxygen atoms in total. The van der Waals surface area contributed by atoms with E-state index in [1.165, 1.54) is 6.07 Å². The maximum Gasteiger partial charge on any atom is 0.372 e. The number of furan rings is 2. The molecular formula is C10H3O6P. The highest BCUT2D eigenvalue weighted by Crippen LogP contribution is 2.68. The molecule has 2 bridgehead atoms. The maximum atomic E-state index is 12.0. The molecule has 0 amide bonds. The van der Waals surface area contributed by atoms with E-state index in [9.17, 15) is 14.2 Å². The van der Waals surface area contributed by atoms with Crippen molar-refractivity contribution in [3.8, 4) is 0 Å². The van der Waals surface area contributed by atoms with Crippen LogP contribution in [0.15, 0.2) is 21.2 Å². The van der Waals surface area contributed by atoms with Crippen LogP contribution in [0.3, 0.4) is 0 Å². The number of fused-ring (bicyclic) bond motifs is 1. The van der Waals surface area contributed by atoms with Crippen LogP contribution in [-0.4, -0.2) is 16.9 Å². The second-order valence-corrected chi connectivity index (χ2v) is 6.36. The summed E-state index contributed by atoms with van der Waals surface area (Å²) in [6.45, 7) is 0. The van der Waals surface area contributed by atoms with Gasteiger partial charge in [-0.25, -0.2) is 4.79 Å². The second-order valence-electron chi connectivity index (χ2n) is 3.84. The summed E-state index contributed by atoms with van der Waals surface area (Å²) in [7, 11) is -2.45. The highest BCUT2D eigenvalue weighted by molar-refractivity contribution is 8.06. The Morgan fingerprint density at radius 1 is 1.24 bits per heavy atom. The molecule has 0 spiro atoms. The monoisotopic (exact) mass is 250 g/mol. The SMILES string of the molecule is O=C(O)c1occc1C(=O)c1oc2c3c1P23=O. The standard InChI is InChI=1S/C10H3O6P/c11-4(3-1-2-15-5(3)9(12)13)6-7-8-10(16-6)17(7,8)14/h1-2H,(H,12,13). The normalized spacial score (nSPS) is 22.1. The maximum absolute atomic E-state index is 12.0. The Labute approximate surface area is 93.2 Å². The van der Waals surface area contributed by atoms with Crippen molar-refractivity contribution in [3.63, 3.8) is 0 Å². The third-order valence-corrected chi connectivity index (χ3v) is 5.52. The van der Waals surface area contributed by atoms with Crippen molar-refractivity contribution in [2.45, 2.75) is 0 Å². The van der Waals surface area contributed by atoms with Crippen LogP contribution in [0, 0.1) is 0 Å². The topological polar surface area (TPSA) is 97.7 Å². The molecule has 0 aliphatic carbocycles. The Morgan fingerprint density at radius 3 is 2.47 bits per heavy atom. The smallest absolute Gasteiger partial charge is 0.372 e. The predicted octanol–water partition coefficient (Wildman–Crippen LogP) is 0.0680. The highest BCUT2D eigenvalue weighted by atomic mass is 31.2. The molecule has 1 unspecified atom stereocenters. The molecule has 1 atom stereocenters. The molecule has 5 rings (SSSR count). The van der Waals surface area contributed by atoms with Crippen LogP contribution in [0.25, 0.3) is 0 Å². The number of aromatic carboxylic acids is 1. The van der Waals surface area contributed by atoms with Crippen LogP contribution in [0.1, 0.15) is 26.7 Å². The van der Waals surface area contributed by atoms with Gasteiger partial charge in [-0.05, 0) is 6.07 Å². The summed E-state index contributed by atoms with van der Waals surface area (Å²) in [6, 6.07) is 1.26. The Hall–Kier alpha value is -2.07. The number of rotatable bonds is 3. The first kappa shape index (κ1) is 9.01. The third kappa shape index (κ3) is 0.795. The van der Waals surface area contributed by atoms with Gasteiger partial charge in [0.1, 0.15) is 0 Å². The van der Waals surface area contributed by atoms with Crippen molar-refractivity contribution in [1.82, 2.24) is 0 Å². The number of carboxylic acids is 1. The largest absolute Gasteiger partial charge is 0.475 e. The summed E-state index contributed by atoms with van der Waals surface area (Å²) in [6.07, 6.45) is 1.12. The fourth-order valence-corrected chi connectivity index (χ4v) is 4.51. The van der Waals surface area contributed by atoms with Crippen molar-refractivity contribution < 1.29 is 28.1 Å². The summed E-state index contributed by atoms with van der Waals surface area (Å²) in [5, 5.41) is 9.96. The van der Waals surface area contributed by atoms with Gasteiger partial charge in [-0.1, -0.05) is 0 Å². The fourth-order valence-electron chi connectivity index (χ4n) is 2.03. The van der Waals surface area contributed by atoms with Crippen molar-refractivity contribution >= 4 is 35.0 Å². The van der Waals surface area contributed by atoms with Gasteiger partial charge >= 0.3 is 5.97 Å². The molecule has 3 aliphatic rings. The molecule has 7 heteroatoms. The van der Waals surface area contributed by atoms with E-state index >= 15 is 0 Å². The molecule has 5 heterocycles. The average molecular weight is 250 g/mol. The van der Waals surface area contributed by atoms with Crippen LogP contribution in [0.5, 0.6) is 0 Å². The minimum absolute atomic E-state index is 0.00207. The van der Waals surface area contributed by atoms with Gasteiger partial charge in [0, 0.05) is 0 Å². The Morgan fingerprint density at radius 2 is 1.94 bits per heavy atom. The molecule has 2 aromatic heterocycles. The van der Waals surface area contributed by atoms with Gasteiger partial charge in [0.15, 0.2) is 11.3 Å². The molecule has 2 aromatic rings. The third-order valence-electron chi connectivity index (χ3n) is 2.97. The lowest BCUT2D eigenvalue weighted by atomic mass is 10.1. The van der Waals surface area contributed by atoms with Gasteiger partial charge in [0.05, 0.1) is 22.4 Å². The number of carboxylic acid groups (broad SMARTS) is 1. The van der Waals surface area contributed by atoms with Crippen molar-refractivity contribution in [3.05, 3.63) is 29.4 Å². The Balaban J connectivity index is 1.82. The molecule has 17 heavy (non-hydrogen) atoms. The van der Waals surface area contributed by atoms with E-state index in [0.29, 0.717) is 16.1 Å². The number of hydrogen-bond acceptors (Lipinski definition) is 5. The van der Waals surface area contributed by atoms with Crippen LogP contribution in [0.2, 0.25) is 0 Å². The van der Waals surface area contributed by atoms with Gasteiger partial charge in [-0.3, -0.25) is 4.79 Å². The predicted molar refractivity (Wildman–Crippen MR) is 54.3 cm³/mol. The lowest BCUT2D eigenvalue weighted by Gasteiger charge is -1.94. The molecule has 0 aromatic carbocycles. The van der Waals surface area contributed by atoms with Crippen molar-refractivity contribution in [2.24, 2.45) is 0 Å². The van der Waals surface area contributed by atoms with Crippen LogP contribution in [-0.2, 0) is 4.57 Å². The van der Waals surface area contributed by atoms with E-state index in [1.807, 2.05) is 0 Å². The zero-order valence-corrected chi connectivity index (χ0v) is 8.98. The number of carbonyl (C=O) groups excluding carboxylic acids is 1. The van der Waals surface area contributed by atoms with E-state index in [0.717, 1.165) is 6.26 Å². The van der Waals surface area contributed by atoms with E-state index in [1.54, 1.807) is 0 Å². The second kappa shape index (κ2) is 2.28. The molecule has 0 saturated carbocycles. The summed E-state index contributed by atoms with van der Waals surface area (Å²) in [4.78, 5) is 22.8. The molecule has 0 saturated heterocycles. The first-order chi connectivity index (χ1) is 8.06. The van der Waals surface area contributed by atoms with E-state index in [4.69, 9.17) is 13.9 Å². The lowest BCUT2D eigenvalue weighted by molar-refractivity contribution is 0.0657. The summed E-state index contributed by atoms with van der Waals surface area (Å²) in [5.41, 5.74) is 0.331. The quantitative estimate of drug-likeness (QED) is 0.408. The lowest BCUT2D eigenvalue weighted by Crippen LogP contribution is -2.10. The van der Waals surface area contributed by atoms with Crippen LogP contribution < -0.4 is 16.1 Å². The van der Waals surface area contributed by atoms with Crippen molar-refractivity contribution in [1.29, 1.82) is 0 Å². The fraction of sp³-hybridized carbons (Fsp3) is 0. The van der Waals surface area contributed by atoms with Gasteiger partial charge in [0.25, 0.3) is 0 Å². The van der Waals surface area contributed by atoms with Gasteiger partial charge in [0.2, 0.25) is 18.7 Å². The number of carbonyl (C=O) groups is 2. The minimum Gasteiger partial charge on any atom is -0.475 e. The number of hydrogen-bond donors (Lipinski definition) is 1. The van der Waals surface area contributed by atoms with Gasteiger partial charge in [-0.2, -0.15) is 0 Å². The molecule has 0 fully saturated rings.